The predicted molar refractivity (Wildman–Crippen MR) is 137 cm³/mol. The molecular weight excluding hydrogens is 498 g/mol. The molecule has 0 unspecified atom stereocenters. The number of rotatable bonds is 8. The van der Waals surface area contributed by atoms with Gasteiger partial charge in [0.05, 0.1) is 18.3 Å². The number of carbonyl (C=O) groups excluding carboxylic acids is 2. The zero-order chi connectivity index (χ0) is 25.2. The average Bonchev–Trinajstić information content (AvgIpc) is 3.35. The average molecular weight is 522 g/mol. The molecule has 3 heterocycles. The highest BCUT2D eigenvalue weighted by Gasteiger charge is 2.54. The molecule has 2 aliphatic rings. The molecule has 11 heteroatoms. The summed E-state index contributed by atoms with van der Waals surface area (Å²) in [5, 5.41) is 17.4. The first-order valence-corrected chi connectivity index (χ1v) is 13.1. The van der Waals surface area contributed by atoms with Crippen molar-refractivity contribution in [3.63, 3.8) is 0 Å². The van der Waals surface area contributed by atoms with Crippen LogP contribution in [0.1, 0.15) is 11.1 Å². The minimum absolute atomic E-state index is 0.0476. The minimum Gasteiger partial charge on any atom is -0.477 e. The highest BCUT2D eigenvalue weighted by Crippen LogP contribution is 2.45. The van der Waals surface area contributed by atoms with E-state index in [2.05, 4.69) is 10.4 Å². The fraction of sp³-hybridized carbons (Fsp3) is 0.200. The quantitative estimate of drug-likeness (QED) is 0.385. The summed E-state index contributed by atoms with van der Waals surface area (Å²) in [5.74, 6) is -1.52. The van der Waals surface area contributed by atoms with Crippen LogP contribution in [-0.4, -0.2) is 54.7 Å². The topological polar surface area (TPSA) is 131 Å². The molecule has 0 spiro atoms. The zero-order valence-corrected chi connectivity index (χ0v) is 20.7. The lowest BCUT2D eigenvalue weighted by molar-refractivity contribution is -0.150. The van der Waals surface area contributed by atoms with Gasteiger partial charge in [-0.25, -0.2) is 9.48 Å². The molecule has 2 aliphatic heterocycles. The summed E-state index contributed by atoms with van der Waals surface area (Å²) >= 11 is 2.71. The summed E-state index contributed by atoms with van der Waals surface area (Å²) in [5.41, 5.74) is 8.23. The molecule has 4 N–H and O–H groups in total. The fourth-order valence-corrected chi connectivity index (χ4v) is 6.79. The Hall–Kier alpha value is -3.54. The third-order valence-electron chi connectivity index (χ3n) is 5.98. The van der Waals surface area contributed by atoms with Crippen molar-refractivity contribution in [2.75, 3.05) is 5.75 Å². The lowest BCUT2D eigenvalue weighted by atomic mass is 10.0. The molecule has 0 saturated carbocycles. The van der Waals surface area contributed by atoms with Gasteiger partial charge in [0.1, 0.15) is 22.1 Å². The first-order valence-electron chi connectivity index (χ1n) is 11.2. The van der Waals surface area contributed by atoms with Gasteiger partial charge >= 0.3 is 5.97 Å². The molecule has 2 aromatic carbocycles. The number of β-lactam (4-membered cyclic amide) rings is 1. The van der Waals surface area contributed by atoms with Crippen LogP contribution in [0.5, 0.6) is 0 Å². The minimum atomic E-state index is -1.18. The van der Waals surface area contributed by atoms with Crippen LogP contribution in [0.4, 0.5) is 0 Å². The van der Waals surface area contributed by atoms with Gasteiger partial charge in [0.15, 0.2) is 0 Å². The van der Waals surface area contributed by atoms with E-state index in [0.29, 0.717) is 17.2 Å². The van der Waals surface area contributed by atoms with Gasteiger partial charge in [0, 0.05) is 17.2 Å². The predicted octanol–water partition coefficient (Wildman–Crippen LogP) is 2.36. The third-order valence-corrected chi connectivity index (χ3v) is 8.54. The molecule has 0 bridgehead atoms. The number of nitrogens with two attached hydrogens (primary N) is 1. The van der Waals surface area contributed by atoms with Crippen LogP contribution in [-0.2, 0) is 27.3 Å². The van der Waals surface area contributed by atoms with E-state index in [9.17, 15) is 19.5 Å². The maximum absolute atomic E-state index is 13.0. The number of carboxylic acids is 1. The number of carboxylic acid groups (broad SMARTS) is 1. The fourth-order valence-electron chi connectivity index (χ4n) is 4.25. The van der Waals surface area contributed by atoms with Crippen molar-refractivity contribution in [3.05, 3.63) is 88.6 Å². The molecule has 1 fully saturated rings. The number of para-hydroxylation sites is 1. The number of hydrogen-bond donors (Lipinski definition) is 3. The number of carbonyl (C=O) groups is 3. The first-order chi connectivity index (χ1) is 17.5. The van der Waals surface area contributed by atoms with Crippen molar-refractivity contribution in [2.45, 2.75) is 29.4 Å². The summed E-state index contributed by atoms with van der Waals surface area (Å²) in [7, 11) is 0. The molecule has 2 atom stereocenters. The van der Waals surface area contributed by atoms with Gasteiger partial charge < -0.3 is 16.2 Å². The Morgan fingerprint density at radius 3 is 2.56 bits per heavy atom. The molecule has 2 amide bonds. The second-order valence-electron chi connectivity index (χ2n) is 8.20. The van der Waals surface area contributed by atoms with Crippen molar-refractivity contribution in [1.29, 1.82) is 0 Å². The number of nitrogens with zero attached hydrogens (tertiary/aromatic N) is 3. The number of thioether (sulfide) groups is 2. The Kier molecular flexibility index (Phi) is 6.86. The Bertz CT molecular complexity index is 1360. The van der Waals surface area contributed by atoms with Crippen LogP contribution in [0.2, 0.25) is 0 Å². The van der Waals surface area contributed by atoms with Crippen LogP contribution in [0.3, 0.4) is 0 Å². The van der Waals surface area contributed by atoms with Gasteiger partial charge in [0.2, 0.25) is 5.91 Å². The Morgan fingerprint density at radius 1 is 1.11 bits per heavy atom. The van der Waals surface area contributed by atoms with Crippen LogP contribution in [0.25, 0.3) is 5.69 Å². The van der Waals surface area contributed by atoms with E-state index in [-0.39, 0.29) is 18.0 Å². The van der Waals surface area contributed by atoms with Crippen molar-refractivity contribution in [3.8, 4) is 5.69 Å². The summed E-state index contributed by atoms with van der Waals surface area (Å²) < 4.78 is 1.73. The second-order valence-corrected chi connectivity index (χ2v) is 10.4. The summed E-state index contributed by atoms with van der Waals surface area (Å²) in [6, 6.07) is 17.9. The van der Waals surface area contributed by atoms with Crippen LogP contribution in [0.15, 0.2) is 82.5 Å². The number of benzene rings is 2. The molecule has 0 radical (unpaired) electrons. The highest BCUT2D eigenvalue weighted by atomic mass is 32.2. The van der Waals surface area contributed by atoms with Gasteiger partial charge in [-0.1, -0.05) is 54.2 Å². The number of aromatic nitrogens is 2. The van der Waals surface area contributed by atoms with Gasteiger partial charge in [-0.2, -0.15) is 5.10 Å². The Balaban J connectivity index is 1.32. The van der Waals surface area contributed by atoms with E-state index in [0.717, 1.165) is 21.8 Å². The molecular formula is C25H23N5O4S2. The molecule has 3 aromatic rings. The smallest absolute Gasteiger partial charge is 0.353 e. The van der Waals surface area contributed by atoms with Crippen molar-refractivity contribution in [1.82, 2.24) is 20.0 Å². The summed E-state index contributed by atoms with van der Waals surface area (Å²) in [6.07, 6.45) is 1.75. The Labute approximate surface area is 215 Å². The third kappa shape index (κ3) is 4.52. The summed E-state index contributed by atoms with van der Waals surface area (Å²) in [6.45, 7) is 0.314. The molecule has 1 saturated heterocycles. The highest BCUT2D eigenvalue weighted by molar-refractivity contribution is 8.06. The normalized spacial score (nSPS) is 19.0. The number of hydrogen-bond acceptors (Lipinski definition) is 7. The summed E-state index contributed by atoms with van der Waals surface area (Å²) in [4.78, 5) is 39.8. The SMILES string of the molecule is NCc1ccccc1CC(=O)N[C@@H]1C(=O)N2C(C(=O)O)=C(Sc3ccnn3-c3ccccc3)CS[C@H]12. The van der Waals surface area contributed by atoms with E-state index in [4.69, 9.17) is 5.73 Å². The number of amides is 2. The molecule has 9 nitrogen and oxygen atoms in total. The van der Waals surface area contributed by atoms with E-state index in [1.165, 1.54) is 28.4 Å². The van der Waals surface area contributed by atoms with E-state index in [1.807, 2.05) is 54.6 Å². The maximum Gasteiger partial charge on any atom is 0.353 e. The standard InChI is InChI=1S/C25H23N5O4S2/c26-13-16-7-5-4-6-15(16)12-19(31)28-21-23(32)29-22(25(33)34)18(14-35-24(21)29)36-20-10-11-27-30(20)17-8-2-1-3-9-17/h1-11,21,24H,12-14,26H2,(H,28,31)(H,33,34)/t21-,24-/m1/s1. The first kappa shape index (κ1) is 24.2. The monoisotopic (exact) mass is 521 g/mol. The molecule has 5 rings (SSSR count). The number of nitrogens with one attached hydrogen (secondary N) is 1. The molecule has 0 aliphatic carbocycles. The maximum atomic E-state index is 13.0. The van der Waals surface area contributed by atoms with Gasteiger partial charge in [-0.15, -0.1) is 11.8 Å². The molecule has 36 heavy (non-hydrogen) atoms. The van der Waals surface area contributed by atoms with Crippen molar-refractivity contribution in [2.24, 2.45) is 5.73 Å². The van der Waals surface area contributed by atoms with Crippen molar-refractivity contribution < 1.29 is 19.5 Å². The van der Waals surface area contributed by atoms with E-state index >= 15 is 0 Å². The second kappa shape index (κ2) is 10.2. The largest absolute Gasteiger partial charge is 0.477 e. The lowest BCUT2D eigenvalue weighted by Gasteiger charge is -2.49. The van der Waals surface area contributed by atoms with Crippen LogP contribution >= 0.6 is 23.5 Å². The zero-order valence-electron chi connectivity index (χ0n) is 19.0. The molecule has 184 valence electrons. The van der Waals surface area contributed by atoms with Crippen LogP contribution < -0.4 is 11.1 Å². The van der Waals surface area contributed by atoms with E-state index in [1.54, 1.807) is 16.9 Å². The number of fused-ring (bicyclic) bond motifs is 1. The van der Waals surface area contributed by atoms with Gasteiger partial charge in [0.25, 0.3) is 5.91 Å². The van der Waals surface area contributed by atoms with Crippen LogP contribution in [0, 0.1) is 0 Å². The Morgan fingerprint density at radius 2 is 1.83 bits per heavy atom. The van der Waals surface area contributed by atoms with Crippen molar-refractivity contribution >= 4 is 41.3 Å². The number of aliphatic carboxylic acids is 1. The van der Waals surface area contributed by atoms with E-state index < -0.39 is 23.3 Å². The van der Waals surface area contributed by atoms with Gasteiger partial charge in [-0.05, 0) is 29.3 Å². The molecule has 1 aromatic heterocycles. The van der Waals surface area contributed by atoms with Gasteiger partial charge in [-0.3, -0.25) is 14.5 Å². The lowest BCUT2D eigenvalue weighted by Crippen LogP contribution is -2.70.